The number of ether oxygens (including phenoxy) is 1. The SMILES string of the molecule is COc1ccc(CC(C)(C)C)cc1C(=O)CCN. The van der Waals surface area contributed by atoms with Crippen LogP contribution in [-0.4, -0.2) is 19.4 Å². The first-order chi connectivity index (χ1) is 8.37. The van der Waals surface area contributed by atoms with Crippen molar-refractivity contribution in [3.05, 3.63) is 29.3 Å². The Morgan fingerprint density at radius 1 is 1.33 bits per heavy atom. The summed E-state index contributed by atoms with van der Waals surface area (Å²) in [5, 5.41) is 0. The molecule has 1 aromatic carbocycles. The lowest BCUT2D eigenvalue weighted by molar-refractivity contribution is 0.0982. The van der Waals surface area contributed by atoms with Gasteiger partial charge in [0.25, 0.3) is 0 Å². The molecular formula is C15H23NO2. The van der Waals surface area contributed by atoms with E-state index in [9.17, 15) is 4.79 Å². The molecule has 3 heteroatoms. The number of ketones is 1. The van der Waals surface area contributed by atoms with Crippen molar-refractivity contribution in [3.63, 3.8) is 0 Å². The van der Waals surface area contributed by atoms with Crippen molar-refractivity contribution >= 4 is 5.78 Å². The Bertz CT molecular complexity index is 419. The van der Waals surface area contributed by atoms with Crippen LogP contribution in [0.2, 0.25) is 0 Å². The van der Waals surface area contributed by atoms with Crippen LogP contribution in [0.25, 0.3) is 0 Å². The molecule has 100 valence electrons. The first kappa shape index (κ1) is 14.7. The Kier molecular flexibility index (Phi) is 4.91. The van der Waals surface area contributed by atoms with Gasteiger partial charge in [0, 0.05) is 6.42 Å². The summed E-state index contributed by atoms with van der Waals surface area (Å²) in [7, 11) is 1.58. The van der Waals surface area contributed by atoms with Crippen molar-refractivity contribution < 1.29 is 9.53 Å². The Balaban J connectivity index is 3.05. The van der Waals surface area contributed by atoms with Gasteiger partial charge in [0.15, 0.2) is 5.78 Å². The minimum Gasteiger partial charge on any atom is -0.496 e. The molecule has 0 saturated heterocycles. The second kappa shape index (κ2) is 6.01. The first-order valence-corrected chi connectivity index (χ1v) is 6.27. The highest BCUT2D eigenvalue weighted by atomic mass is 16.5. The van der Waals surface area contributed by atoms with Crippen LogP contribution in [0.4, 0.5) is 0 Å². The molecule has 0 spiro atoms. The fraction of sp³-hybridized carbons (Fsp3) is 0.533. The summed E-state index contributed by atoms with van der Waals surface area (Å²) in [6, 6.07) is 5.82. The van der Waals surface area contributed by atoms with Crippen molar-refractivity contribution in [1.29, 1.82) is 0 Å². The zero-order valence-electron chi connectivity index (χ0n) is 11.7. The molecule has 0 aromatic heterocycles. The molecule has 2 N–H and O–H groups in total. The maximum absolute atomic E-state index is 12.0. The smallest absolute Gasteiger partial charge is 0.167 e. The van der Waals surface area contributed by atoms with Crippen molar-refractivity contribution in [2.75, 3.05) is 13.7 Å². The largest absolute Gasteiger partial charge is 0.496 e. The first-order valence-electron chi connectivity index (χ1n) is 6.27. The van der Waals surface area contributed by atoms with Gasteiger partial charge in [-0.15, -0.1) is 0 Å². The predicted molar refractivity (Wildman–Crippen MR) is 74.2 cm³/mol. The Morgan fingerprint density at radius 2 is 2.00 bits per heavy atom. The summed E-state index contributed by atoms with van der Waals surface area (Å²) in [4.78, 5) is 12.0. The van der Waals surface area contributed by atoms with E-state index in [1.807, 2.05) is 18.2 Å². The van der Waals surface area contributed by atoms with E-state index in [1.165, 1.54) is 0 Å². The van der Waals surface area contributed by atoms with Crippen LogP contribution in [-0.2, 0) is 6.42 Å². The lowest BCUT2D eigenvalue weighted by Gasteiger charge is -2.19. The molecular weight excluding hydrogens is 226 g/mol. The quantitative estimate of drug-likeness (QED) is 0.816. The number of nitrogens with two attached hydrogens (primary N) is 1. The molecule has 0 unspecified atom stereocenters. The molecule has 3 nitrogen and oxygen atoms in total. The van der Waals surface area contributed by atoms with E-state index in [4.69, 9.17) is 10.5 Å². The number of carbonyl (C=O) groups is 1. The topological polar surface area (TPSA) is 52.3 Å². The minimum absolute atomic E-state index is 0.0464. The molecule has 0 aliphatic carbocycles. The molecule has 1 rings (SSSR count). The minimum atomic E-state index is 0.0464. The molecule has 1 aromatic rings. The summed E-state index contributed by atoms with van der Waals surface area (Å²) < 4.78 is 5.24. The molecule has 0 radical (unpaired) electrons. The summed E-state index contributed by atoms with van der Waals surface area (Å²) in [6.45, 7) is 6.90. The van der Waals surface area contributed by atoms with E-state index < -0.39 is 0 Å². The van der Waals surface area contributed by atoms with Crippen LogP contribution >= 0.6 is 0 Å². The highest BCUT2D eigenvalue weighted by Crippen LogP contribution is 2.26. The van der Waals surface area contributed by atoms with Gasteiger partial charge in [-0.1, -0.05) is 26.8 Å². The number of Topliss-reactive ketones (excluding diaryl/α,β-unsaturated/α-hetero) is 1. The number of hydrogen-bond acceptors (Lipinski definition) is 3. The van der Waals surface area contributed by atoms with Crippen LogP contribution in [0, 0.1) is 5.41 Å². The third kappa shape index (κ3) is 4.15. The Labute approximate surface area is 109 Å². The molecule has 0 aliphatic heterocycles. The summed E-state index contributed by atoms with van der Waals surface area (Å²) in [5.74, 6) is 0.677. The Morgan fingerprint density at radius 3 is 2.50 bits per heavy atom. The van der Waals surface area contributed by atoms with Gasteiger partial charge in [-0.3, -0.25) is 4.79 Å². The van der Waals surface area contributed by atoms with Crippen molar-refractivity contribution in [3.8, 4) is 5.75 Å². The summed E-state index contributed by atoms with van der Waals surface area (Å²) in [6.07, 6.45) is 1.29. The zero-order valence-corrected chi connectivity index (χ0v) is 11.7. The third-order valence-corrected chi connectivity index (χ3v) is 2.67. The second-order valence-corrected chi connectivity index (χ2v) is 5.73. The van der Waals surface area contributed by atoms with Gasteiger partial charge < -0.3 is 10.5 Å². The molecule has 0 aliphatic rings. The van der Waals surface area contributed by atoms with E-state index >= 15 is 0 Å². The van der Waals surface area contributed by atoms with E-state index in [0.717, 1.165) is 12.0 Å². The van der Waals surface area contributed by atoms with Crippen LogP contribution < -0.4 is 10.5 Å². The molecule has 18 heavy (non-hydrogen) atoms. The number of methoxy groups -OCH3 is 1. The summed E-state index contributed by atoms with van der Waals surface area (Å²) >= 11 is 0. The van der Waals surface area contributed by atoms with Gasteiger partial charge in [0.1, 0.15) is 5.75 Å². The van der Waals surface area contributed by atoms with Gasteiger partial charge in [-0.2, -0.15) is 0 Å². The fourth-order valence-corrected chi connectivity index (χ4v) is 1.96. The van der Waals surface area contributed by atoms with Gasteiger partial charge in [0.05, 0.1) is 12.7 Å². The van der Waals surface area contributed by atoms with Crippen LogP contribution in [0.3, 0.4) is 0 Å². The molecule has 0 bridgehead atoms. The molecule has 0 saturated carbocycles. The van der Waals surface area contributed by atoms with Crippen LogP contribution in [0.15, 0.2) is 18.2 Å². The average Bonchev–Trinajstić information content (AvgIpc) is 2.27. The van der Waals surface area contributed by atoms with Crippen molar-refractivity contribution in [2.45, 2.75) is 33.6 Å². The van der Waals surface area contributed by atoms with E-state index in [2.05, 4.69) is 20.8 Å². The second-order valence-electron chi connectivity index (χ2n) is 5.73. The van der Waals surface area contributed by atoms with Crippen LogP contribution in [0.5, 0.6) is 5.75 Å². The van der Waals surface area contributed by atoms with Gasteiger partial charge in [0.2, 0.25) is 0 Å². The van der Waals surface area contributed by atoms with E-state index in [-0.39, 0.29) is 11.2 Å². The lowest BCUT2D eigenvalue weighted by Crippen LogP contribution is -2.12. The Hall–Kier alpha value is -1.35. The van der Waals surface area contributed by atoms with Gasteiger partial charge in [-0.25, -0.2) is 0 Å². The molecule has 0 fully saturated rings. The van der Waals surface area contributed by atoms with Gasteiger partial charge in [-0.05, 0) is 36.1 Å². The number of hydrogen-bond donors (Lipinski definition) is 1. The standard InChI is InChI=1S/C15H23NO2/c1-15(2,3)10-11-5-6-14(18-4)12(9-11)13(17)7-8-16/h5-6,9H,7-8,10,16H2,1-4H3. The highest BCUT2D eigenvalue weighted by Gasteiger charge is 2.16. The van der Waals surface area contributed by atoms with Crippen molar-refractivity contribution in [1.82, 2.24) is 0 Å². The van der Waals surface area contributed by atoms with E-state index in [1.54, 1.807) is 7.11 Å². The van der Waals surface area contributed by atoms with Gasteiger partial charge >= 0.3 is 0 Å². The van der Waals surface area contributed by atoms with E-state index in [0.29, 0.717) is 24.3 Å². The predicted octanol–water partition coefficient (Wildman–Crippen LogP) is 2.82. The number of carbonyl (C=O) groups excluding carboxylic acids is 1. The van der Waals surface area contributed by atoms with Crippen molar-refractivity contribution in [2.24, 2.45) is 11.1 Å². The normalized spacial score (nSPS) is 11.4. The lowest BCUT2D eigenvalue weighted by atomic mass is 9.87. The molecule has 0 heterocycles. The number of benzene rings is 1. The maximum atomic E-state index is 12.0. The third-order valence-electron chi connectivity index (χ3n) is 2.67. The fourth-order valence-electron chi connectivity index (χ4n) is 1.96. The number of rotatable bonds is 5. The zero-order chi connectivity index (χ0) is 13.8. The molecule has 0 amide bonds. The summed E-state index contributed by atoms with van der Waals surface area (Å²) in [5.41, 5.74) is 7.43. The molecule has 0 atom stereocenters. The monoisotopic (exact) mass is 249 g/mol. The average molecular weight is 249 g/mol. The maximum Gasteiger partial charge on any atom is 0.167 e. The van der Waals surface area contributed by atoms with Crippen LogP contribution in [0.1, 0.15) is 43.1 Å². The highest BCUT2D eigenvalue weighted by molar-refractivity contribution is 5.99.